The van der Waals surface area contributed by atoms with Gasteiger partial charge in [-0.2, -0.15) is 0 Å². The van der Waals surface area contributed by atoms with E-state index in [2.05, 4.69) is 0 Å². The molecular weight excluding hydrogens is 227 g/mol. The summed E-state index contributed by atoms with van der Waals surface area (Å²) in [7, 11) is 0. The van der Waals surface area contributed by atoms with Gasteiger partial charge in [0.15, 0.2) is 5.78 Å². The zero-order chi connectivity index (χ0) is 12.8. The first-order valence-corrected chi connectivity index (χ1v) is 5.75. The summed E-state index contributed by atoms with van der Waals surface area (Å²) in [4.78, 5) is 11.5. The number of carbonyl (C=O) groups is 1. The van der Waals surface area contributed by atoms with Crippen LogP contribution in [-0.2, 0) is 4.79 Å². The number of benzene rings is 1. The highest BCUT2D eigenvalue weighted by Crippen LogP contribution is 2.10. The van der Waals surface area contributed by atoms with E-state index < -0.39 is 0 Å². The summed E-state index contributed by atoms with van der Waals surface area (Å²) in [5.41, 5.74) is 0.804. The molecule has 0 atom stereocenters. The maximum Gasteiger partial charge on any atom is 0.178 e. The third-order valence-corrected chi connectivity index (χ3v) is 2.57. The molecule has 0 radical (unpaired) electrons. The van der Waals surface area contributed by atoms with Gasteiger partial charge < -0.3 is 0 Å². The first-order valence-electron chi connectivity index (χ1n) is 5.75. The van der Waals surface area contributed by atoms with Crippen molar-refractivity contribution in [3.8, 4) is 0 Å². The van der Waals surface area contributed by atoms with Gasteiger partial charge in [0.2, 0.25) is 0 Å². The quantitative estimate of drug-likeness (QED) is 0.733. The molecule has 2 heteroatoms. The number of hydrogen-bond acceptors (Lipinski definition) is 1. The van der Waals surface area contributed by atoms with Crippen LogP contribution in [-0.4, -0.2) is 5.78 Å². The lowest BCUT2D eigenvalue weighted by Crippen LogP contribution is -1.88. The summed E-state index contributed by atoms with van der Waals surface area (Å²) in [6.07, 6.45) is 14.5. The number of hydrogen-bond donors (Lipinski definition) is 0. The van der Waals surface area contributed by atoms with Crippen molar-refractivity contribution in [2.45, 2.75) is 0 Å². The average molecular weight is 240 g/mol. The van der Waals surface area contributed by atoms with E-state index in [0.29, 0.717) is 0 Å². The first kappa shape index (κ1) is 12.2. The van der Waals surface area contributed by atoms with Crippen LogP contribution in [0, 0.1) is 11.7 Å². The van der Waals surface area contributed by atoms with Crippen LogP contribution in [0.25, 0.3) is 6.08 Å². The summed E-state index contributed by atoms with van der Waals surface area (Å²) < 4.78 is 12.7. The number of ketones is 1. The summed E-state index contributed by atoms with van der Waals surface area (Å²) in [6.45, 7) is 0. The van der Waals surface area contributed by atoms with Gasteiger partial charge >= 0.3 is 0 Å². The van der Waals surface area contributed by atoms with Crippen molar-refractivity contribution >= 4 is 11.9 Å². The molecule has 0 saturated carbocycles. The number of allylic oxidation sites excluding steroid dienone is 7. The summed E-state index contributed by atoms with van der Waals surface area (Å²) in [5, 5.41) is 0. The molecule has 1 aromatic carbocycles. The Kier molecular flexibility index (Phi) is 4.02. The van der Waals surface area contributed by atoms with Crippen molar-refractivity contribution in [3.63, 3.8) is 0 Å². The van der Waals surface area contributed by atoms with Gasteiger partial charge in [0.1, 0.15) is 5.82 Å². The maximum atomic E-state index is 12.7. The Balaban J connectivity index is 1.92. The zero-order valence-corrected chi connectivity index (χ0v) is 9.79. The van der Waals surface area contributed by atoms with Crippen molar-refractivity contribution in [1.29, 1.82) is 0 Å². The minimum absolute atomic E-state index is 0.0759. The fourth-order valence-corrected chi connectivity index (χ4v) is 1.59. The van der Waals surface area contributed by atoms with Gasteiger partial charge in [-0.1, -0.05) is 48.6 Å². The summed E-state index contributed by atoms with van der Waals surface area (Å²) in [5.74, 6) is -0.139. The van der Waals surface area contributed by atoms with Crippen LogP contribution in [0.15, 0.2) is 66.8 Å². The van der Waals surface area contributed by atoms with Crippen molar-refractivity contribution in [3.05, 3.63) is 78.2 Å². The third kappa shape index (κ3) is 3.67. The highest BCUT2D eigenvalue weighted by atomic mass is 19.1. The maximum absolute atomic E-state index is 12.7. The van der Waals surface area contributed by atoms with Crippen LogP contribution in [0.2, 0.25) is 0 Å². The second kappa shape index (κ2) is 5.92. The fraction of sp³-hybridized carbons (Fsp3) is 0.0625. The lowest BCUT2D eigenvalue weighted by molar-refractivity contribution is -0.110. The zero-order valence-electron chi connectivity index (χ0n) is 9.79. The van der Waals surface area contributed by atoms with Crippen LogP contribution in [0.1, 0.15) is 5.56 Å². The Morgan fingerprint density at radius 3 is 2.39 bits per heavy atom. The summed E-state index contributed by atoms with van der Waals surface area (Å²) in [6, 6.07) is 6.00. The van der Waals surface area contributed by atoms with E-state index in [4.69, 9.17) is 0 Å². The molecule has 1 aliphatic rings. The molecule has 90 valence electrons. The molecule has 1 aliphatic carbocycles. The molecule has 0 aliphatic heterocycles. The van der Waals surface area contributed by atoms with Crippen LogP contribution in [0.4, 0.5) is 4.39 Å². The summed E-state index contributed by atoms with van der Waals surface area (Å²) >= 11 is 0. The largest absolute Gasteiger partial charge is 0.290 e. The third-order valence-electron chi connectivity index (χ3n) is 2.57. The normalized spacial score (nSPS) is 15.2. The van der Waals surface area contributed by atoms with Crippen molar-refractivity contribution in [2.75, 3.05) is 0 Å². The Morgan fingerprint density at radius 2 is 1.72 bits per heavy atom. The highest BCUT2D eigenvalue weighted by molar-refractivity contribution is 6.02. The smallest absolute Gasteiger partial charge is 0.178 e. The predicted molar refractivity (Wildman–Crippen MR) is 71.4 cm³/mol. The molecule has 2 rings (SSSR count). The molecule has 1 nitrogen and oxygen atoms in total. The van der Waals surface area contributed by atoms with Gasteiger partial charge in [-0.05, 0) is 29.8 Å². The average Bonchev–Trinajstić information content (AvgIpc) is 2.89. The number of rotatable bonds is 4. The monoisotopic (exact) mass is 240 g/mol. The number of halogens is 1. The molecule has 0 heterocycles. The van der Waals surface area contributed by atoms with Gasteiger partial charge in [-0.15, -0.1) is 0 Å². The molecule has 1 aromatic rings. The molecular formula is C16H13FO. The van der Waals surface area contributed by atoms with E-state index in [0.717, 1.165) is 5.56 Å². The fourth-order valence-electron chi connectivity index (χ4n) is 1.59. The van der Waals surface area contributed by atoms with Gasteiger partial charge in [0.25, 0.3) is 0 Å². The van der Waals surface area contributed by atoms with Crippen LogP contribution < -0.4 is 0 Å². The van der Waals surface area contributed by atoms with E-state index in [1.807, 2.05) is 30.4 Å². The molecule has 0 fully saturated rings. The minimum Gasteiger partial charge on any atom is -0.290 e. The molecule has 0 spiro atoms. The van der Waals surface area contributed by atoms with E-state index in [-0.39, 0.29) is 17.5 Å². The highest BCUT2D eigenvalue weighted by Gasteiger charge is 1.98. The van der Waals surface area contributed by atoms with Crippen LogP contribution in [0.5, 0.6) is 0 Å². The Bertz CT molecular complexity index is 521. The molecule has 18 heavy (non-hydrogen) atoms. The standard InChI is InChI=1S/C16H13FO/c17-15-9-5-14(6-10-15)8-12-16(18)11-7-13-3-1-2-4-13/h1-13H/b11-7+,12-8+. The van der Waals surface area contributed by atoms with Gasteiger partial charge in [-0.25, -0.2) is 4.39 Å². The van der Waals surface area contributed by atoms with Gasteiger partial charge in [0.05, 0.1) is 0 Å². The lowest BCUT2D eigenvalue weighted by atomic mass is 10.1. The molecule has 0 saturated heterocycles. The molecule has 0 unspecified atom stereocenters. The number of carbonyl (C=O) groups excluding carboxylic acids is 1. The molecule has 0 bridgehead atoms. The Labute approximate surface area is 106 Å². The van der Waals surface area contributed by atoms with Crippen molar-refractivity contribution in [1.82, 2.24) is 0 Å². The van der Waals surface area contributed by atoms with E-state index in [9.17, 15) is 9.18 Å². The molecule has 0 amide bonds. The second-order valence-electron chi connectivity index (χ2n) is 3.99. The van der Waals surface area contributed by atoms with Crippen molar-refractivity contribution in [2.24, 2.45) is 5.92 Å². The first-order chi connectivity index (χ1) is 8.74. The van der Waals surface area contributed by atoms with E-state index in [1.54, 1.807) is 24.3 Å². The van der Waals surface area contributed by atoms with E-state index in [1.165, 1.54) is 18.2 Å². The topological polar surface area (TPSA) is 17.1 Å². The van der Waals surface area contributed by atoms with Gasteiger partial charge in [-0.3, -0.25) is 4.79 Å². The Hall–Kier alpha value is -2.22. The van der Waals surface area contributed by atoms with Crippen LogP contribution in [0.3, 0.4) is 0 Å². The SMILES string of the molecule is O=C(/C=C/c1ccc(F)cc1)/C=C/C1C=CC=C1. The Morgan fingerprint density at radius 1 is 1.06 bits per heavy atom. The van der Waals surface area contributed by atoms with Gasteiger partial charge in [0, 0.05) is 5.92 Å². The molecule has 0 N–H and O–H groups in total. The predicted octanol–water partition coefficient (Wildman–Crippen LogP) is 3.71. The second-order valence-corrected chi connectivity index (χ2v) is 3.99. The lowest BCUT2D eigenvalue weighted by Gasteiger charge is -1.94. The minimum atomic E-state index is -0.279. The van der Waals surface area contributed by atoms with Crippen molar-refractivity contribution < 1.29 is 9.18 Å². The van der Waals surface area contributed by atoms with Crippen LogP contribution >= 0.6 is 0 Å². The molecule has 0 aromatic heterocycles. The van der Waals surface area contributed by atoms with E-state index >= 15 is 0 Å².